The van der Waals surface area contributed by atoms with Crippen molar-refractivity contribution < 1.29 is 0 Å². The van der Waals surface area contributed by atoms with Crippen LogP contribution in [0, 0.1) is 23.7 Å². The lowest BCUT2D eigenvalue weighted by molar-refractivity contribution is 1.27. The maximum absolute atomic E-state index is 4.28. The highest BCUT2D eigenvalue weighted by molar-refractivity contribution is 5.49. The van der Waals surface area contributed by atoms with Gasteiger partial charge in [0, 0.05) is 11.8 Å². The number of hydrogen-bond acceptors (Lipinski definition) is 1. The van der Waals surface area contributed by atoms with Crippen LogP contribution in [0.3, 0.4) is 0 Å². The molecule has 90 valence electrons. The second kappa shape index (κ2) is 5.62. The molecule has 0 unspecified atom stereocenters. The lowest BCUT2D eigenvalue weighted by atomic mass is 10.2. The molecule has 0 N–H and O–H groups in total. The van der Waals surface area contributed by atoms with Gasteiger partial charge in [-0.3, -0.25) is 0 Å². The van der Waals surface area contributed by atoms with E-state index in [9.17, 15) is 0 Å². The van der Waals surface area contributed by atoms with Crippen molar-refractivity contribution in [2.45, 2.75) is 0 Å². The third kappa shape index (κ3) is 2.97. The van der Waals surface area contributed by atoms with Crippen molar-refractivity contribution in [1.82, 2.24) is 4.98 Å². The number of allylic oxidation sites excluding steroid dienone is 6. The summed E-state index contributed by atoms with van der Waals surface area (Å²) < 4.78 is 0. The van der Waals surface area contributed by atoms with E-state index in [1.54, 1.807) is 6.20 Å². The Balaban J connectivity index is 1.75. The van der Waals surface area contributed by atoms with Crippen LogP contribution >= 0.6 is 0 Å². The van der Waals surface area contributed by atoms with Gasteiger partial charge in [-0.05, 0) is 42.4 Å². The Labute approximate surface area is 118 Å². The first-order valence-corrected chi connectivity index (χ1v) is 6.17. The van der Waals surface area contributed by atoms with Crippen molar-refractivity contribution in [2.75, 3.05) is 0 Å². The fourth-order valence-corrected chi connectivity index (χ4v) is 1.63. The number of rotatable bonds is 0. The van der Waals surface area contributed by atoms with Crippen LogP contribution < -0.4 is 0 Å². The minimum Gasteiger partial charge on any atom is -0.246 e. The van der Waals surface area contributed by atoms with Gasteiger partial charge in [-0.2, -0.15) is 0 Å². The van der Waals surface area contributed by atoms with Gasteiger partial charge in [0.2, 0.25) is 0 Å². The van der Waals surface area contributed by atoms with Crippen molar-refractivity contribution in [2.24, 2.45) is 0 Å². The number of hydrogen-bond donors (Lipinski definition) is 0. The molecule has 0 saturated heterocycles. The molecule has 0 saturated carbocycles. The Morgan fingerprint density at radius 2 is 1.50 bits per heavy atom. The number of aromatic nitrogens is 1. The molecular formula is C19H9N. The molecule has 1 heterocycles. The highest BCUT2D eigenvalue weighted by Gasteiger charge is 1.92. The molecule has 1 nitrogen and oxygen atoms in total. The highest BCUT2D eigenvalue weighted by atomic mass is 14.7. The molecule has 0 atom stereocenters. The molecular weight excluding hydrogens is 242 g/mol. The Kier molecular flexibility index (Phi) is 3.33. The van der Waals surface area contributed by atoms with E-state index in [2.05, 4.69) is 40.1 Å². The van der Waals surface area contributed by atoms with Gasteiger partial charge in [-0.15, -0.1) is 11.5 Å². The fraction of sp³-hybridized carbons (Fsp3) is 0. The minimum absolute atomic E-state index is 0.727. The van der Waals surface area contributed by atoms with E-state index in [1.807, 2.05) is 48.6 Å². The summed E-state index contributed by atoms with van der Waals surface area (Å²) in [5.41, 5.74) is 9.42. The van der Waals surface area contributed by atoms with E-state index >= 15 is 0 Å². The van der Waals surface area contributed by atoms with E-state index in [0.717, 1.165) is 22.4 Å². The van der Waals surface area contributed by atoms with Gasteiger partial charge in [-0.25, -0.2) is 4.98 Å². The first kappa shape index (κ1) is 11.9. The monoisotopic (exact) mass is 251 g/mol. The fourth-order valence-electron chi connectivity index (χ4n) is 1.63. The Morgan fingerprint density at radius 1 is 0.800 bits per heavy atom. The maximum atomic E-state index is 4.28. The van der Waals surface area contributed by atoms with E-state index in [-0.39, 0.29) is 0 Å². The van der Waals surface area contributed by atoms with E-state index in [4.69, 9.17) is 0 Å². The summed E-state index contributed by atoms with van der Waals surface area (Å²) in [5.74, 6) is 12.1. The van der Waals surface area contributed by atoms with Crippen LogP contribution in [0.4, 0.5) is 0 Å². The quantitative estimate of drug-likeness (QED) is 0.510. The van der Waals surface area contributed by atoms with Gasteiger partial charge in [0.15, 0.2) is 0 Å². The van der Waals surface area contributed by atoms with Crippen LogP contribution in [-0.2, 0) is 0 Å². The largest absolute Gasteiger partial charge is 0.246 e. The highest BCUT2D eigenvalue weighted by Crippen LogP contribution is 2.03. The lowest BCUT2D eigenvalue weighted by Gasteiger charge is -1.90. The molecule has 2 aliphatic rings. The SMILES string of the molecule is C1=CC=CC=1C#Cc1ccc(C#CC2=C=CC=C2)nc1. The van der Waals surface area contributed by atoms with E-state index in [0.29, 0.717) is 0 Å². The summed E-state index contributed by atoms with van der Waals surface area (Å²) in [6, 6.07) is 3.79. The zero-order valence-electron chi connectivity index (χ0n) is 10.6. The number of nitrogens with zero attached hydrogens (tertiary/aromatic N) is 1. The number of pyridine rings is 1. The van der Waals surface area contributed by atoms with Crippen molar-refractivity contribution in [3.05, 3.63) is 88.7 Å². The second-order valence-electron chi connectivity index (χ2n) is 4.10. The minimum atomic E-state index is 0.727. The molecule has 0 amide bonds. The average molecular weight is 251 g/mol. The van der Waals surface area contributed by atoms with E-state index < -0.39 is 0 Å². The summed E-state index contributed by atoms with van der Waals surface area (Å²) in [6.45, 7) is 0. The van der Waals surface area contributed by atoms with Crippen LogP contribution in [0.25, 0.3) is 0 Å². The third-order valence-electron chi connectivity index (χ3n) is 2.63. The summed E-state index contributed by atoms with van der Waals surface area (Å²) in [4.78, 5) is 4.28. The molecule has 20 heavy (non-hydrogen) atoms. The average Bonchev–Trinajstić information content (AvgIpc) is 3.17. The van der Waals surface area contributed by atoms with Crippen LogP contribution in [0.15, 0.2) is 77.4 Å². The van der Waals surface area contributed by atoms with Crippen molar-refractivity contribution >= 4 is 0 Å². The normalized spacial score (nSPS) is 13.4. The van der Waals surface area contributed by atoms with E-state index in [1.165, 1.54) is 0 Å². The van der Waals surface area contributed by atoms with Crippen LogP contribution in [0.2, 0.25) is 0 Å². The van der Waals surface area contributed by atoms with Gasteiger partial charge in [0.05, 0.1) is 11.1 Å². The third-order valence-corrected chi connectivity index (χ3v) is 2.63. The van der Waals surface area contributed by atoms with Crippen LogP contribution in [0.1, 0.15) is 11.3 Å². The smallest absolute Gasteiger partial charge is 0.113 e. The van der Waals surface area contributed by atoms with Crippen LogP contribution in [-0.4, -0.2) is 4.98 Å². The lowest BCUT2D eigenvalue weighted by Crippen LogP contribution is -1.83. The first-order chi connectivity index (χ1) is 9.90. The van der Waals surface area contributed by atoms with Crippen LogP contribution in [0.5, 0.6) is 0 Å². The second-order valence-corrected chi connectivity index (χ2v) is 4.10. The van der Waals surface area contributed by atoms with Crippen molar-refractivity contribution in [3.8, 4) is 23.7 Å². The first-order valence-electron chi connectivity index (χ1n) is 6.17. The molecule has 0 bridgehead atoms. The zero-order chi connectivity index (χ0) is 13.6. The molecule has 3 rings (SSSR count). The zero-order valence-corrected chi connectivity index (χ0v) is 10.6. The molecule has 2 aliphatic carbocycles. The van der Waals surface area contributed by atoms with Crippen molar-refractivity contribution in [3.63, 3.8) is 0 Å². The van der Waals surface area contributed by atoms with Gasteiger partial charge < -0.3 is 0 Å². The van der Waals surface area contributed by atoms with Gasteiger partial charge in [-0.1, -0.05) is 29.9 Å². The van der Waals surface area contributed by atoms with Gasteiger partial charge >= 0.3 is 0 Å². The summed E-state index contributed by atoms with van der Waals surface area (Å²) in [7, 11) is 0. The molecule has 0 spiro atoms. The Hall–Kier alpha value is -3.21. The molecule has 0 radical (unpaired) electrons. The Bertz CT molecular complexity index is 779. The summed E-state index contributed by atoms with van der Waals surface area (Å²) in [6.07, 6.45) is 13.1. The molecule has 1 aromatic rings. The summed E-state index contributed by atoms with van der Waals surface area (Å²) in [5, 5.41) is 0. The molecule has 0 fully saturated rings. The maximum Gasteiger partial charge on any atom is 0.113 e. The summed E-state index contributed by atoms with van der Waals surface area (Å²) >= 11 is 0. The van der Waals surface area contributed by atoms with Gasteiger partial charge in [0.1, 0.15) is 5.69 Å². The topological polar surface area (TPSA) is 12.9 Å². The molecule has 1 heteroatoms. The van der Waals surface area contributed by atoms with Gasteiger partial charge in [0.25, 0.3) is 0 Å². The predicted octanol–water partition coefficient (Wildman–Crippen LogP) is 3.09. The Morgan fingerprint density at radius 3 is 2.05 bits per heavy atom. The van der Waals surface area contributed by atoms with Crippen molar-refractivity contribution in [1.29, 1.82) is 0 Å². The molecule has 1 aromatic heterocycles. The standard InChI is InChI=1S/C19H9N/c1-2-6-16(5-1)9-10-18-12-14-19(20-15-18)13-11-17-7-3-4-8-17/h1-5,7,12,14-15H. The predicted molar refractivity (Wildman–Crippen MR) is 79.5 cm³/mol. The molecule has 0 aromatic carbocycles. The molecule has 0 aliphatic heterocycles.